The number of anilines is 5. The number of ether oxygens (including phenoxy) is 1. The Morgan fingerprint density at radius 3 is 2.08 bits per heavy atom. The molecule has 0 amide bonds. The molecule has 10 nitrogen and oxygen atoms in total. The lowest BCUT2D eigenvalue weighted by molar-refractivity contribution is -0.0980. The number of nitrogens with zero attached hydrogens (tertiary/aromatic N) is 5. The number of pyridine rings is 1. The molecule has 0 spiro atoms. The first-order valence-electron chi connectivity index (χ1n) is 17.4. The minimum Gasteiger partial charge on any atom is -0.489 e. The van der Waals surface area contributed by atoms with E-state index in [4.69, 9.17) is 19.5 Å². The molecule has 2 N–H and O–H groups in total. The molecule has 0 bridgehead atoms. The highest BCUT2D eigenvalue weighted by Crippen LogP contribution is 2.36. The highest BCUT2D eigenvalue weighted by Gasteiger charge is 2.17. The lowest BCUT2D eigenvalue weighted by Gasteiger charge is -2.33. The van der Waals surface area contributed by atoms with Crippen molar-refractivity contribution < 1.29 is 14.3 Å². The number of aldehydes is 1. The number of rotatable bonds is 9. The summed E-state index contributed by atoms with van der Waals surface area (Å²) in [7, 11) is 2.15. The van der Waals surface area contributed by atoms with Crippen molar-refractivity contribution in [3.63, 3.8) is 0 Å². The fourth-order valence-corrected chi connectivity index (χ4v) is 4.80. The average Bonchev–Trinajstić information content (AvgIpc) is 3.09. The molecular formula is C40H57N7O3. The Morgan fingerprint density at radius 2 is 1.50 bits per heavy atom. The summed E-state index contributed by atoms with van der Waals surface area (Å²) in [5, 5.41) is 6.65. The first-order valence-corrected chi connectivity index (χ1v) is 17.4. The fraction of sp³-hybridized carbons (Fsp3) is 0.425. The Bertz CT molecular complexity index is 1600. The summed E-state index contributed by atoms with van der Waals surface area (Å²) in [5.74, 6) is 3.57. The van der Waals surface area contributed by atoms with Crippen molar-refractivity contribution in [2.24, 2.45) is 5.92 Å². The zero-order valence-electron chi connectivity index (χ0n) is 31.7. The quantitative estimate of drug-likeness (QED) is 0.166. The van der Waals surface area contributed by atoms with Crippen LogP contribution in [0.1, 0.15) is 76.4 Å². The van der Waals surface area contributed by atoms with Crippen molar-refractivity contribution in [2.45, 2.75) is 74.8 Å². The van der Waals surface area contributed by atoms with Crippen LogP contribution in [-0.2, 0) is 4.79 Å². The minimum atomic E-state index is -0.0126. The van der Waals surface area contributed by atoms with Gasteiger partial charge in [0.25, 0.3) is 0 Å². The maximum absolute atomic E-state index is 11.5. The van der Waals surface area contributed by atoms with Crippen LogP contribution < -0.4 is 20.3 Å². The van der Waals surface area contributed by atoms with Crippen LogP contribution in [0.4, 0.5) is 29.0 Å². The molecule has 0 atom stereocenters. The van der Waals surface area contributed by atoms with Crippen molar-refractivity contribution in [2.75, 3.05) is 48.8 Å². The standard InChI is InChI=1S/C32H37N7O2.C4H10.C3H8.CH2O/c1-21(2)41-29-16-22(3)26(24-10-11-30(33-19-24)39-14-12-38(5)13-15-39)17-28(29)36-32-34-18-23(4)31(37-32)35-27-9-7-6-8-25(27)20-40;1-4(2)3;1-3-2;1-2/h6-11,16-21H,12-15H2,1-5H3,(H2,34,35,36,37);4H,1-3H3;3H2,1-2H3;1H2. The third-order valence-electron chi connectivity index (χ3n) is 7.13. The number of aromatic nitrogens is 3. The third-order valence-corrected chi connectivity index (χ3v) is 7.13. The molecule has 4 aromatic rings. The van der Waals surface area contributed by atoms with E-state index >= 15 is 0 Å². The Morgan fingerprint density at radius 1 is 0.860 bits per heavy atom. The van der Waals surface area contributed by atoms with Crippen molar-refractivity contribution in [3.8, 4) is 16.9 Å². The molecule has 3 heterocycles. The molecule has 1 aliphatic rings. The molecule has 270 valence electrons. The number of hydrogen-bond donors (Lipinski definition) is 2. The first-order chi connectivity index (χ1) is 23.9. The van der Waals surface area contributed by atoms with Gasteiger partial charge < -0.3 is 30.0 Å². The summed E-state index contributed by atoms with van der Waals surface area (Å²) in [6.45, 7) is 24.8. The Kier molecular flexibility index (Phi) is 17.6. The number of hydrogen-bond acceptors (Lipinski definition) is 10. The van der Waals surface area contributed by atoms with Gasteiger partial charge in [0.05, 0.1) is 17.5 Å². The monoisotopic (exact) mass is 683 g/mol. The topological polar surface area (TPSA) is 113 Å². The van der Waals surface area contributed by atoms with Gasteiger partial charge >= 0.3 is 0 Å². The molecule has 0 saturated carbocycles. The van der Waals surface area contributed by atoms with Crippen LogP contribution in [0.5, 0.6) is 5.75 Å². The van der Waals surface area contributed by atoms with Crippen LogP contribution >= 0.6 is 0 Å². The summed E-state index contributed by atoms with van der Waals surface area (Å²) >= 11 is 0. The van der Waals surface area contributed by atoms with Crippen LogP contribution in [0.15, 0.2) is 60.9 Å². The van der Waals surface area contributed by atoms with E-state index in [1.54, 1.807) is 12.3 Å². The van der Waals surface area contributed by atoms with Crippen molar-refractivity contribution >= 4 is 42.0 Å². The molecule has 2 aromatic heterocycles. The smallest absolute Gasteiger partial charge is 0.229 e. The van der Waals surface area contributed by atoms with E-state index in [0.29, 0.717) is 28.8 Å². The SMILES string of the molecule is C=O.CC(C)C.CCC.Cc1cc(OC(C)C)c(Nc2ncc(C)c(Nc3ccccc3C=O)n2)cc1-c1ccc(N2CCN(C)CC2)nc1. The predicted molar refractivity (Wildman–Crippen MR) is 209 cm³/mol. The van der Waals surface area contributed by atoms with E-state index < -0.39 is 0 Å². The highest BCUT2D eigenvalue weighted by atomic mass is 16.5. The van der Waals surface area contributed by atoms with Gasteiger partial charge in [0.2, 0.25) is 5.95 Å². The second-order valence-electron chi connectivity index (χ2n) is 13.1. The van der Waals surface area contributed by atoms with E-state index in [9.17, 15) is 4.79 Å². The van der Waals surface area contributed by atoms with Crippen molar-refractivity contribution in [1.29, 1.82) is 0 Å². The van der Waals surface area contributed by atoms with Gasteiger partial charge in [-0.05, 0) is 88.2 Å². The molecule has 0 aliphatic carbocycles. The number of nitrogens with one attached hydrogen (secondary N) is 2. The molecule has 0 radical (unpaired) electrons. The summed E-state index contributed by atoms with van der Waals surface area (Å²) in [5.41, 5.74) is 6.01. The van der Waals surface area contributed by atoms with E-state index in [0.717, 1.165) is 72.1 Å². The number of benzene rings is 2. The van der Waals surface area contributed by atoms with Gasteiger partial charge in [-0.1, -0.05) is 53.2 Å². The number of carbonyl (C=O) groups is 2. The summed E-state index contributed by atoms with van der Waals surface area (Å²) in [4.78, 5) is 38.2. The van der Waals surface area contributed by atoms with E-state index in [1.807, 2.05) is 58.0 Å². The molecular weight excluding hydrogens is 626 g/mol. The number of carbonyl (C=O) groups excluding carboxylic acids is 2. The summed E-state index contributed by atoms with van der Waals surface area (Å²) in [6.07, 6.45) is 5.76. The van der Waals surface area contributed by atoms with Crippen LogP contribution in [0, 0.1) is 19.8 Å². The second kappa shape index (κ2) is 21.3. The number of para-hydroxylation sites is 1. The summed E-state index contributed by atoms with van der Waals surface area (Å²) in [6, 6.07) is 15.7. The highest BCUT2D eigenvalue weighted by molar-refractivity contribution is 5.86. The largest absolute Gasteiger partial charge is 0.489 e. The fourth-order valence-electron chi connectivity index (χ4n) is 4.80. The Labute approximate surface area is 299 Å². The third kappa shape index (κ3) is 12.9. The normalized spacial score (nSPS) is 12.4. The van der Waals surface area contributed by atoms with Gasteiger partial charge in [0.15, 0.2) is 6.29 Å². The van der Waals surface area contributed by atoms with Gasteiger partial charge in [-0.3, -0.25) is 4.79 Å². The van der Waals surface area contributed by atoms with Crippen molar-refractivity contribution in [1.82, 2.24) is 19.9 Å². The van der Waals surface area contributed by atoms with Crippen LogP contribution in [-0.4, -0.2) is 72.3 Å². The van der Waals surface area contributed by atoms with Crippen molar-refractivity contribution in [3.05, 3.63) is 77.6 Å². The van der Waals surface area contributed by atoms with Crippen LogP contribution in [0.3, 0.4) is 0 Å². The molecule has 10 heteroatoms. The second-order valence-corrected chi connectivity index (χ2v) is 13.1. The predicted octanol–water partition coefficient (Wildman–Crippen LogP) is 8.89. The van der Waals surface area contributed by atoms with Gasteiger partial charge in [0, 0.05) is 55.3 Å². The molecule has 0 unspecified atom stereocenters. The van der Waals surface area contributed by atoms with Gasteiger partial charge in [0.1, 0.15) is 24.2 Å². The Balaban J connectivity index is 0.000000872. The number of piperazine rings is 1. The van der Waals surface area contributed by atoms with Gasteiger partial charge in [-0.25, -0.2) is 9.97 Å². The lowest BCUT2D eigenvalue weighted by atomic mass is 10.0. The number of likely N-dealkylation sites (N-methyl/N-ethyl adjacent to an activating group) is 1. The lowest BCUT2D eigenvalue weighted by Crippen LogP contribution is -2.44. The first kappa shape index (κ1) is 41.3. The molecule has 1 saturated heterocycles. The van der Waals surface area contributed by atoms with Gasteiger partial charge in [-0.15, -0.1) is 0 Å². The van der Waals surface area contributed by atoms with E-state index in [2.05, 4.69) is 92.2 Å². The molecule has 5 rings (SSSR count). The zero-order chi connectivity index (χ0) is 37.2. The summed E-state index contributed by atoms with van der Waals surface area (Å²) < 4.78 is 6.18. The number of aryl methyl sites for hydroxylation is 2. The average molecular weight is 684 g/mol. The maximum atomic E-state index is 11.5. The van der Waals surface area contributed by atoms with Crippen LogP contribution in [0.2, 0.25) is 0 Å². The van der Waals surface area contributed by atoms with Crippen LogP contribution in [0.25, 0.3) is 11.1 Å². The minimum absolute atomic E-state index is 0.0126. The Hall–Kier alpha value is -4.83. The van der Waals surface area contributed by atoms with E-state index in [-0.39, 0.29) is 6.10 Å². The molecule has 50 heavy (non-hydrogen) atoms. The zero-order valence-corrected chi connectivity index (χ0v) is 31.7. The molecule has 1 fully saturated rings. The maximum Gasteiger partial charge on any atom is 0.229 e. The van der Waals surface area contributed by atoms with E-state index in [1.165, 1.54) is 6.42 Å². The van der Waals surface area contributed by atoms with Gasteiger partial charge in [-0.2, -0.15) is 4.98 Å². The molecule has 2 aromatic carbocycles. The molecule has 1 aliphatic heterocycles.